The molecule has 1 aliphatic rings. The number of carboxylic acid groups (broad SMARTS) is 1. The second kappa shape index (κ2) is 55.4. The van der Waals surface area contributed by atoms with Crippen molar-refractivity contribution in [1.82, 2.24) is 85.0 Å². The number of rotatable bonds is 40. The number of para-hydroxylation sites is 1. The second-order valence-corrected chi connectivity index (χ2v) is 38.1. The van der Waals surface area contributed by atoms with Crippen LogP contribution < -0.4 is 91.4 Å². The zero-order valence-electron chi connectivity index (χ0n) is 82.4. The number of nitrogens with two attached hydrogens (primary N) is 2. The predicted octanol–water partition coefficient (Wildman–Crippen LogP) is 1.82. The number of aliphatic hydroxyl groups excluding tert-OH is 1. The first-order chi connectivity index (χ1) is 65.1. The van der Waals surface area contributed by atoms with E-state index in [1.807, 2.05) is 12.2 Å². The summed E-state index contributed by atoms with van der Waals surface area (Å²) in [4.78, 5) is 285. The van der Waals surface area contributed by atoms with Crippen molar-refractivity contribution >= 4 is 129 Å². The topological polar surface area (TPSA) is 650 Å². The van der Waals surface area contributed by atoms with Gasteiger partial charge >= 0.3 is 5.97 Å². The zero-order valence-corrected chi connectivity index (χ0v) is 82.4. The normalized spacial score (nSPS) is 21.8. The summed E-state index contributed by atoms with van der Waals surface area (Å²) in [6, 6.07) is 2.95. The number of carbonyl (C=O) groups is 20. The van der Waals surface area contributed by atoms with Gasteiger partial charge in [-0.3, -0.25) is 95.9 Å². The van der Waals surface area contributed by atoms with Crippen LogP contribution in [0.25, 0.3) is 10.9 Å². The van der Waals surface area contributed by atoms with Crippen LogP contribution in [0, 0.1) is 23.7 Å². The molecule has 23 N–H and O–H groups in total. The van der Waals surface area contributed by atoms with E-state index in [2.05, 4.69) is 85.0 Å². The molecule has 3 aromatic carbocycles. The molecule has 2 heterocycles. The van der Waals surface area contributed by atoms with E-state index in [1.54, 1.807) is 88.5 Å². The van der Waals surface area contributed by atoms with E-state index >= 15 is 33.6 Å². The molecule has 1 aromatic heterocycles. The number of aromatic hydroxyl groups is 1. The van der Waals surface area contributed by atoms with Crippen molar-refractivity contribution in [2.24, 2.45) is 35.1 Å². The fraction of sp³-hybridized carbons (Fsp3) is 0.571. The molecule has 17 atom stereocenters. The zero-order chi connectivity index (χ0) is 104. The number of hydrogen-bond donors (Lipinski definition) is 21. The summed E-state index contributed by atoms with van der Waals surface area (Å²) < 4.78 is 0. The van der Waals surface area contributed by atoms with Gasteiger partial charge in [0.25, 0.3) is 0 Å². The minimum Gasteiger partial charge on any atom is -0.508 e. The molecule has 0 radical (unpaired) electrons. The van der Waals surface area contributed by atoms with Crippen LogP contribution in [0.5, 0.6) is 5.75 Å². The molecule has 4 aromatic rings. The van der Waals surface area contributed by atoms with Crippen LogP contribution >= 0.6 is 0 Å². The van der Waals surface area contributed by atoms with Gasteiger partial charge in [-0.2, -0.15) is 0 Å². The Labute approximate surface area is 810 Å². The number of amides is 15. The van der Waals surface area contributed by atoms with Crippen molar-refractivity contribution in [3.05, 3.63) is 114 Å². The largest absolute Gasteiger partial charge is 0.508 e. The van der Waals surface area contributed by atoms with Crippen molar-refractivity contribution in [2.45, 2.75) is 334 Å². The molecule has 0 fully saturated rings. The molecule has 41 nitrogen and oxygen atoms in total. The number of hydrazine groups is 1. The Balaban J connectivity index is 1.60. The van der Waals surface area contributed by atoms with E-state index in [1.165, 1.54) is 107 Å². The first-order valence-electron chi connectivity index (χ1n) is 47.3. The lowest BCUT2D eigenvalue weighted by Crippen LogP contribution is -2.65. The number of phenolic OH excluding ortho intramolecular Hbond substituents is 1. The molecule has 0 bridgehead atoms. The summed E-state index contributed by atoms with van der Waals surface area (Å²) in [6.45, 7) is 22.9. The average Bonchev–Trinajstić information content (AvgIpc) is 1.68. The third kappa shape index (κ3) is 38.6. The molecule has 5 rings (SSSR count). The Bertz CT molecular complexity index is 5020. The highest BCUT2D eigenvalue weighted by Crippen LogP contribution is 2.27. The fourth-order valence-electron chi connectivity index (χ4n) is 15.5. The number of nitrogens with one attached hydrogen (secondary N) is 16. The van der Waals surface area contributed by atoms with Crippen LogP contribution in [0.15, 0.2) is 97.2 Å². The maximum atomic E-state index is 15.6. The van der Waals surface area contributed by atoms with Gasteiger partial charge in [0.15, 0.2) is 11.6 Å². The number of H-pyrrole nitrogens is 1. The minimum atomic E-state index is -2.08. The van der Waals surface area contributed by atoms with E-state index in [4.69, 9.17) is 11.5 Å². The van der Waals surface area contributed by atoms with Gasteiger partial charge in [-0.25, -0.2) is 10.9 Å². The Kier molecular flexibility index (Phi) is 46.4. The number of phenols is 1. The number of fused-ring (bicyclic) bond motifs is 1. The first-order valence-corrected chi connectivity index (χ1v) is 47.3. The number of hydrogen-bond acceptors (Lipinski definition) is 24. The standard InChI is InChI=1S/C98H144N18O23/c1-53(2)45-65-51-77(121)70(39-41-78(99)122)106-84(128)58(8)103-89(133)75(50-66-52-101-69-34-28-27-33-68(66)69)108-90(134)73(49-64-35-37-67(119)38-36-64)107-88(132)71(40-42-79(123)124)110-95(139)98(16,114-92(136)74(48-63-31-25-24-26-32-63)109-93(137)80(61(11)117)111-91(135)72(46-54(3)4)105-62(12)118)44-30-23-21-19-17-18-20-22-29-43-97(15,113-87(65)131)94(138)104-59(9)86(130)112-96(13,14)82(126)81(125)57(7)115-116-60(10)85(129)102-56(6)76(120)47-55(5)83(100)127/h18,20,24-28,31-38,52-61,65,70-75,80,101,115-117,119H,17,19,21-23,29-30,39-51H2,1-16H3,(H2,99,122)(H2,100,127)(H,102,129)(H,103,133)(H,104,138)(H,105,118)(H,106,128)(H,107,132)(H,108,134)(H,109,137)(H,110,139)(H,111,135)(H,112,130)(H,113,131)(H,114,136)(H,123,124)/b20-18+/t55-,56-,57-,58-,59-,60-,61+,65+,70-,71-,72-,73-,74-,75-,80-,97-,98+/m0/s1. The van der Waals surface area contributed by atoms with E-state index in [9.17, 15) is 77.6 Å². The van der Waals surface area contributed by atoms with Gasteiger partial charge in [-0.1, -0.05) is 127 Å². The summed E-state index contributed by atoms with van der Waals surface area (Å²) in [7, 11) is 0. The van der Waals surface area contributed by atoms with Crippen molar-refractivity contribution in [1.29, 1.82) is 0 Å². The average molecular weight is 1940 g/mol. The quantitative estimate of drug-likeness (QED) is 0.0172. The summed E-state index contributed by atoms with van der Waals surface area (Å²) in [5, 5.41) is 66.6. The molecule has 0 saturated carbocycles. The molecule has 139 heavy (non-hydrogen) atoms. The number of primary amides is 2. The number of Topliss-reactive ketones (excluding diaryl/α,β-unsaturated/α-hetero) is 4. The number of aromatic nitrogens is 1. The Hall–Kier alpha value is -13.2. The number of benzene rings is 3. The van der Waals surface area contributed by atoms with Crippen molar-refractivity contribution < 1.29 is 111 Å². The van der Waals surface area contributed by atoms with Crippen LogP contribution in [0.3, 0.4) is 0 Å². The van der Waals surface area contributed by atoms with Crippen LogP contribution in [0.1, 0.15) is 237 Å². The highest BCUT2D eigenvalue weighted by molar-refractivity contribution is 6.42. The molecule has 1 aliphatic heterocycles. The molecule has 0 saturated heterocycles. The van der Waals surface area contributed by atoms with E-state index in [0.717, 1.165) is 0 Å². The van der Waals surface area contributed by atoms with Gasteiger partial charge in [0.1, 0.15) is 70.7 Å². The van der Waals surface area contributed by atoms with Crippen molar-refractivity contribution in [2.75, 3.05) is 0 Å². The third-order valence-corrected chi connectivity index (χ3v) is 24.0. The Morgan fingerprint density at radius 3 is 1.76 bits per heavy atom. The van der Waals surface area contributed by atoms with Gasteiger partial charge in [0, 0.05) is 80.8 Å². The molecular weight excluding hydrogens is 1800 g/mol. The lowest BCUT2D eigenvalue weighted by molar-refractivity contribution is -0.143. The molecule has 0 aliphatic carbocycles. The van der Waals surface area contributed by atoms with Gasteiger partial charge < -0.3 is 101 Å². The van der Waals surface area contributed by atoms with Crippen molar-refractivity contribution in [3.63, 3.8) is 0 Å². The number of allylic oxidation sites excluding steroid dienone is 2. The fourth-order valence-corrected chi connectivity index (χ4v) is 15.5. The van der Waals surface area contributed by atoms with Crippen LogP contribution in [0.2, 0.25) is 0 Å². The molecule has 764 valence electrons. The number of aliphatic hydroxyl groups is 1. The SMILES string of the molecule is CC(=O)N[C@@H](CC(C)C)C(=O)N[C@H](C(=O)N[C@@H](Cc1ccccc1)C(=O)N[C@]1(C)CCCCCC/C=C/CCC[C@@](C)(C(=O)N[C@@H](C)C(=O)NC(C)(C)C(=O)C(=O)[C@H](C)NN[C@@H](C)C(=O)N[C@@H](C)C(=O)C[C@H](C)C(N)=O)NC(=O)[C@H](CC(C)C)CC(=O)[C@H](CCC(N)=O)NC(=O)[C@H](C)NC(=O)[C@H](Cc2c[nH]c3ccccc23)NC(=O)[C@H](Cc2ccc(O)cc2)NC(=O)[C@H](CCC(=O)O)NC1=O)[C@@H](C)O. The van der Waals surface area contributed by atoms with E-state index < -0.39 is 263 Å². The molecule has 41 heteroatoms. The molecule has 0 unspecified atom stereocenters. The number of aromatic amines is 1. The minimum absolute atomic E-state index is 0.00163. The van der Waals surface area contributed by atoms with E-state index in [0.29, 0.717) is 53.3 Å². The summed E-state index contributed by atoms with van der Waals surface area (Å²) in [5.74, 6) is -21.2. The number of ketones is 4. The number of carboxylic acids is 1. The second-order valence-electron chi connectivity index (χ2n) is 38.1. The van der Waals surface area contributed by atoms with Crippen LogP contribution in [-0.2, 0) is 115 Å². The molecular formula is C98H144N18O23. The van der Waals surface area contributed by atoms with Crippen molar-refractivity contribution in [3.8, 4) is 5.75 Å². The maximum Gasteiger partial charge on any atom is 0.303 e. The molecule has 15 amide bonds. The predicted molar refractivity (Wildman–Crippen MR) is 514 cm³/mol. The summed E-state index contributed by atoms with van der Waals surface area (Å²) in [5.41, 5.74) is 12.1. The summed E-state index contributed by atoms with van der Waals surface area (Å²) in [6.07, 6.45) is 1.86. The highest BCUT2D eigenvalue weighted by atomic mass is 16.4. The number of carbonyl (C=O) groups excluding carboxylic acids is 19. The summed E-state index contributed by atoms with van der Waals surface area (Å²) >= 11 is 0. The lowest BCUT2D eigenvalue weighted by Gasteiger charge is -2.34. The number of aliphatic carboxylic acids is 1. The highest BCUT2D eigenvalue weighted by Gasteiger charge is 2.45. The first kappa shape index (κ1) is 116. The van der Waals surface area contributed by atoms with Crippen LogP contribution in [-0.4, -0.2) is 233 Å². The molecule has 0 spiro atoms. The maximum absolute atomic E-state index is 15.6. The Morgan fingerprint density at radius 2 is 1.14 bits per heavy atom. The van der Waals surface area contributed by atoms with Gasteiger partial charge in [0.2, 0.25) is 100 Å². The third-order valence-electron chi connectivity index (χ3n) is 24.0. The monoisotopic (exact) mass is 1940 g/mol. The van der Waals surface area contributed by atoms with Gasteiger partial charge in [-0.15, -0.1) is 0 Å². The lowest BCUT2D eigenvalue weighted by atomic mass is 9.86. The van der Waals surface area contributed by atoms with Gasteiger partial charge in [0.05, 0.1) is 30.3 Å². The Morgan fingerprint density at radius 1 is 0.554 bits per heavy atom. The van der Waals surface area contributed by atoms with E-state index in [-0.39, 0.29) is 81.8 Å². The smallest absolute Gasteiger partial charge is 0.303 e. The van der Waals surface area contributed by atoms with Crippen LogP contribution in [0.4, 0.5) is 0 Å². The van der Waals surface area contributed by atoms with Gasteiger partial charge in [-0.05, 0) is 180 Å².